The molecule has 116 valence electrons. The number of benzene rings is 1. The number of carbonyl (C=O) groups excluding carboxylic acids is 2. The molecule has 1 aromatic carbocycles. The van der Waals surface area contributed by atoms with Crippen LogP contribution in [0, 0.1) is 0 Å². The monoisotopic (exact) mass is 309 g/mol. The van der Waals surface area contributed by atoms with Gasteiger partial charge in [-0.25, -0.2) is 0 Å². The van der Waals surface area contributed by atoms with Crippen LogP contribution in [0.25, 0.3) is 0 Å². The number of methoxy groups -OCH3 is 1. The number of ether oxygens (including phenoxy) is 1. The Morgan fingerprint density at radius 1 is 1.24 bits per heavy atom. The van der Waals surface area contributed by atoms with Crippen LogP contribution in [-0.4, -0.2) is 30.0 Å². The summed E-state index contributed by atoms with van der Waals surface area (Å²) in [4.78, 5) is 23.1. The van der Waals surface area contributed by atoms with Crippen molar-refractivity contribution in [1.82, 2.24) is 0 Å². The van der Waals surface area contributed by atoms with E-state index in [9.17, 15) is 9.59 Å². The van der Waals surface area contributed by atoms with Crippen molar-refractivity contribution in [2.24, 2.45) is 0 Å². The fourth-order valence-electron chi connectivity index (χ4n) is 1.90. The summed E-state index contributed by atoms with van der Waals surface area (Å²) < 4.78 is 4.61. The van der Waals surface area contributed by atoms with Crippen molar-refractivity contribution < 1.29 is 14.3 Å². The summed E-state index contributed by atoms with van der Waals surface area (Å²) in [5.41, 5.74) is 1.98. The molecule has 1 amide bonds. The molecule has 4 nitrogen and oxygen atoms in total. The third kappa shape index (κ3) is 6.21. The lowest BCUT2D eigenvalue weighted by atomic mass is 10.0. The summed E-state index contributed by atoms with van der Waals surface area (Å²) in [5.74, 6) is 0.377. The Kier molecular flexibility index (Phi) is 7.29. The molecule has 1 aromatic rings. The lowest BCUT2D eigenvalue weighted by Crippen LogP contribution is -2.18. The molecule has 0 bridgehead atoms. The smallest absolute Gasteiger partial charge is 0.306 e. The molecule has 1 rings (SSSR count). The molecular weight excluding hydrogens is 286 g/mol. The van der Waals surface area contributed by atoms with E-state index in [4.69, 9.17) is 0 Å². The van der Waals surface area contributed by atoms with Crippen LogP contribution in [0.1, 0.15) is 38.7 Å². The molecule has 21 heavy (non-hydrogen) atoms. The topological polar surface area (TPSA) is 55.4 Å². The van der Waals surface area contributed by atoms with Crippen molar-refractivity contribution in [3.63, 3.8) is 0 Å². The van der Waals surface area contributed by atoms with Gasteiger partial charge in [0.25, 0.3) is 0 Å². The van der Waals surface area contributed by atoms with Gasteiger partial charge in [0.05, 0.1) is 19.3 Å². The van der Waals surface area contributed by atoms with Crippen LogP contribution in [0.3, 0.4) is 0 Å². The number of amides is 1. The van der Waals surface area contributed by atoms with Gasteiger partial charge in [0.15, 0.2) is 0 Å². The molecule has 1 N–H and O–H groups in total. The van der Waals surface area contributed by atoms with Gasteiger partial charge < -0.3 is 10.1 Å². The highest BCUT2D eigenvalue weighted by Gasteiger charge is 2.13. The first-order valence-electron chi connectivity index (χ1n) is 7.01. The number of carbonyl (C=O) groups is 2. The minimum atomic E-state index is -0.249. The molecule has 5 heteroatoms. The zero-order valence-corrected chi connectivity index (χ0v) is 13.8. The van der Waals surface area contributed by atoms with E-state index >= 15 is 0 Å². The summed E-state index contributed by atoms with van der Waals surface area (Å²) in [6, 6.07) is 7.82. The fourth-order valence-corrected chi connectivity index (χ4v) is 2.66. The Balaban J connectivity index is 2.49. The predicted octanol–water partition coefficient (Wildman–Crippen LogP) is 3.43. The number of hydrogen-bond donors (Lipinski definition) is 1. The first-order valence-corrected chi connectivity index (χ1v) is 8.06. The van der Waals surface area contributed by atoms with Crippen LogP contribution in [0.5, 0.6) is 0 Å². The van der Waals surface area contributed by atoms with Crippen molar-refractivity contribution in [3.05, 3.63) is 29.8 Å². The lowest BCUT2D eigenvalue weighted by Gasteiger charge is -2.14. The number of esters is 1. The first kappa shape index (κ1) is 17.6. The standard InChI is InChI=1S/C16H23NO3S/c1-11(2)13-7-5-6-8-14(13)17-15(18)10-21-12(3)9-16(19)20-4/h5-8,11-12H,9-10H2,1-4H3,(H,17,18). The van der Waals surface area contributed by atoms with Crippen molar-refractivity contribution >= 4 is 29.3 Å². The molecule has 0 aromatic heterocycles. The van der Waals surface area contributed by atoms with Gasteiger partial charge in [0, 0.05) is 10.9 Å². The lowest BCUT2D eigenvalue weighted by molar-refractivity contribution is -0.140. The quantitative estimate of drug-likeness (QED) is 0.784. The molecule has 0 aliphatic rings. The molecule has 0 radical (unpaired) electrons. The van der Waals surface area contributed by atoms with E-state index in [1.165, 1.54) is 18.9 Å². The van der Waals surface area contributed by atoms with Crippen LogP contribution in [0.4, 0.5) is 5.69 Å². The SMILES string of the molecule is COC(=O)CC(C)SCC(=O)Nc1ccccc1C(C)C. The van der Waals surface area contributed by atoms with Crippen molar-refractivity contribution in [1.29, 1.82) is 0 Å². The molecule has 1 atom stereocenters. The maximum absolute atomic E-state index is 12.0. The van der Waals surface area contributed by atoms with Crippen LogP contribution in [-0.2, 0) is 14.3 Å². The Morgan fingerprint density at radius 3 is 2.52 bits per heavy atom. The summed E-state index contributed by atoms with van der Waals surface area (Å²) >= 11 is 1.45. The Hall–Kier alpha value is -1.49. The number of thioether (sulfide) groups is 1. The molecule has 0 spiro atoms. The molecule has 0 fully saturated rings. The summed E-state index contributed by atoms with van der Waals surface area (Å²) in [6.45, 7) is 6.10. The van der Waals surface area contributed by atoms with Gasteiger partial charge in [-0.1, -0.05) is 39.0 Å². The zero-order chi connectivity index (χ0) is 15.8. The second kappa shape index (κ2) is 8.72. The average Bonchev–Trinajstić information content (AvgIpc) is 2.45. The maximum Gasteiger partial charge on any atom is 0.306 e. The zero-order valence-electron chi connectivity index (χ0n) is 13.0. The van der Waals surface area contributed by atoms with Crippen molar-refractivity contribution in [3.8, 4) is 0 Å². The van der Waals surface area contributed by atoms with Gasteiger partial charge in [-0.3, -0.25) is 9.59 Å². The number of rotatable bonds is 7. The summed E-state index contributed by atoms with van der Waals surface area (Å²) in [6.07, 6.45) is 0.316. The minimum Gasteiger partial charge on any atom is -0.469 e. The van der Waals surface area contributed by atoms with E-state index in [0.717, 1.165) is 11.3 Å². The molecule has 0 aliphatic heterocycles. The van der Waals surface area contributed by atoms with Gasteiger partial charge in [0.2, 0.25) is 5.91 Å². The van der Waals surface area contributed by atoms with Crippen molar-refractivity contribution in [2.45, 2.75) is 38.4 Å². The van der Waals surface area contributed by atoms with Crippen LogP contribution < -0.4 is 5.32 Å². The number of nitrogens with one attached hydrogen (secondary N) is 1. The van der Waals surface area contributed by atoms with Gasteiger partial charge in [-0.15, -0.1) is 11.8 Å². The Bertz CT molecular complexity index is 488. The van der Waals surface area contributed by atoms with Gasteiger partial charge >= 0.3 is 5.97 Å². The predicted molar refractivity (Wildman–Crippen MR) is 87.7 cm³/mol. The molecule has 0 heterocycles. The van der Waals surface area contributed by atoms with Gasteiger partial charge in [-0.05, 0) is 17.5 Å². The van der Waals surface area contributed by atoms with Crippen LogP contribution in [0.15, 0.2) is 24.3 Å². The van der Waals surface area contributed by atoms with E-state index in [0.29, 0.717) is 18.1 Å². The summed E-state index contributed by atoms with van der Waals surface area (Å²) in [7, 11) is 1.37. The molecule has 0 aliphatic carbocycles. The molecule has 1 unspecified atom stereocenters. The van der Waals surface area contributed by atoms with E-state index in [2.05, 4.69) is 23.9 Å². The second-order valence-electron chi connectivity index (χ2n) is 5.19. The van der Waals surface area contributed by atoms with E-state index in [1.807, 2.05) is 31.2 Å². The number of para-hydroxylation sites is 1. The van der Waals surface area contributed by atoms with E-state index in [-0.39, 0.29) is 17.1 Å². The molecule has 0 saturated carbocycles. The third-order valence-electron chi connectivity index (χ3n) is 3.04. The van der Waals surface area contributed by atoms with Gasteiger partial charge in [0.1, 0.15) is 0 Å². The van der Waals surface area contributed by atoms with Gasteiger partial charge in [-0.2, -0.15) is 0 Å². The fraction of sp³-hybridized carbons (Fsp3) is 0.500. The highest BCUT2D eigenvalue weighted by molar-refractivity contribution is 8.00. The first-order chi connectivity index (χ1) is 9.93. The van der Waals surface area contributed by atoms with E-state index in [1.54, 1.807) is 0 Å². The second-order valence-corrected chi connectivity index (χ2v) is 6.62. The average molecular weight is 309 g/mol. The summed E-state index contributed by atoms with van der Waals surface area (Å²) in [5, 5.41) is 3.00. The maximum atomic E-state index is 12.0. The largest absolute Gasteiger partial charge is 0.469 e. The van der Waals surface area contributed by atoms with Crippen LogP contribution in [0.2, 0.25) is 0 Å². The van der Waals surface area contributed by atoms with E-state index < -0.39 is 0 Å². The minimum absolute atomic E-state index is 0.0511. The van der Waals surface area contributed by atoms with Crippen molar-refractivity contribution in [2.75, 3.05) is 18.2 Å². The van der Waals surface area contributed by atoms with Crippen LogP contribution >= 0.6 is 11.8 Å². The normalized spacial score (nSPS) is 12.0. The molecular formula is C16H23NO3S. The molecule has 0 saturated heterocycles. The Morgan fingerprint density at radius 2 is 1.90 bits per heavy atom. The Labute approximate surface area is 130 Å². The highest BCUT2D eigenvalue weighted by atomic mass is 32.2. The number of hydrogen-bond acceptors (Lipinski definition) is 4. The highest BCUT2D eigenvalue weighted by Crippen LogP contribution is 2.24. The number of anilines is 1. The third-order valence-corrected chi connectivity index (χ3v) is 4.20.